The second-order valence-corrected chi connectivity index (χ2v) is 6.80. The van der Waals surface area contributed by atoms with Gasteiger partial charge in [-0.1, -0.05) is 58.4 Å². The quantitative estimate of drug-likeness (QED) is 0.438. The maximum atomic E-state index is 8.70. The van der Waals surface area contributed by atoms with Gasteiger partial charge in [0.2, 0.25) is 0 Å². The summed E-state index contributed by atoms with van der Waals surface area (Å²) in [4.78, 5) is 0. The van der Waals surface area contributed by atoms with Crippen LogP contribution in [0.4, 0.5) is 0 Å². The van der Waals surface area contributed by atoms with Crippen molar-refractivity contribution in [3.8, 4) is 5.75 Å². The molecule has 1 saturated carbocycles. The molecule has 148 valence electrons. The molecule has 1 fully saturated rings. The van der Waals surface area contributed by atoms with Crippen LogP contribution >= 0.6 is 9.69 Å². The number of benzene rings is 1. The van der Waals surface area contributed by atoms with Gasteiger partial charge in [0.15, 0.2) is 0 Å². The molecule has 1 aromatic rings. The van der Waals surface area contributed by atoms with Crippen molar-refractivity contribution in [2.45, 2.75) is 40.7 Å². The zero-order valence-electron chi connectivity index (χ0n) is 16.5. The Morgan fingerprint density at radius 3 is 1.52 bits per heavy atom. The maximum absolute atomic E-state index is 8.70. The first-order chi connectivity index (χ1) is 11.3. The van der Waals surface area contributed by atoms with E-state index in [9.17, 15) is 0 Å². The summed E-state index contributed by atoms with van der Waals surface area (Å²) in [6.45, 7) is 11.8. The van der Waals surface area contributed by atoms with Crippen molar-refractivity contribution in [3.63, 3.8) is 0 Å². The summed E-state index contributed by atoms with van der Waals surface area (Å²) >= 11 is 2.02. The van der Waals surface area contributed by atoms with Crippen LogP contribution in [0.5, 0.6) is 5.75 Å². The Bertz CT molecular complexity index is 399. The first-order valence-corrected chi connectivity index (χ1v) is 10.5. The van der Waals surface area contributed by atoms with Crippen LogP contribution in [0.1, 0.15) is 46.2 Å². The van der Waals surface area contributed by atoms with Crippen molar-refractivity contribution in [1.29, 1.82) is 0 Å². The van der Waals surface area contributed by atoms with Gasteiger partial charge < -0.3 is 23.0 Å². The molecule has 0 aliphatic heterocycles. The average Bonchev–Trinajstić information content (AvgIpc) is 2.81. The second kappa shape index (κ2) is 14.0. The van der Waals surface area contributed by atoms with Crippen LogP contribution in [0, 0.1) is 37.0 Å². The average molecular weight is 460 g/mol. The van der Waals surface area contributed by atoms with Gasteiger partial charge in [-0.25, -0.2) is 0 Å². The zero-order chi connectivity index (χ0) is 18.9. The number of ether oxygens (including phenoxy) is 1. The first-order valence-electron chi connectivity index (χ1n) is 8.41. The summed E-state index contributed by atoms with van der Waals surface area (Å²) in [6.07, 6.45) is 0. The van der Waals surface area contributed by atoms with Gasteiger partial charge in [-0.3, -0.25) is 0 Å². The van der Waals surface area contributed by atoms with E-state index in [0.717, 1.165) is 40.9 Å². The summed E-state index contributed by atoms with van der Waals surface area (Å²) in [5, 5.41) is 8.70. The Morgan fingerprint density at radius 1 is 0.960 bits per heavy atom. The summed E-state index contributed by atoms with van der Waals surface area (Å²) in [5.74, 6) is 5.44. The molecule has 1 aliphatic rings. The van der Waals surface area contributed by atoms with Crippen LogP contribution in [-0.2, 0) is 17.3 Å². The number of methoxy groups -OCH3 is 1. The van der Waals surface area contributed by atoms with Crippen LogP contribution in [-0.4, -0.2) is 18.8 Å². The SMILES string of the molecule is CC1C(C)C(C)C(C)C1C.COc1ccc([C@H]([NH-])CO)cc1.[CH3-].[Cl][Rh+2]. The molecule has 0 spiro atoms. The molecule has 1 atom stereocenters. The predicted octanol–water partition coefficient (Wildman–Crippen LogP) is 6.10. The van der Waals surface area contributed by atoms with Gasteiger partial charge in [0.25, 0.3) is 0 Å². The van der Waals surface area contributed by atoms with Crippen LogP contribution in [0.15, 0.2) is 24.3 Å². The first kappa shape index (κ1) is 27.1. The van der Waals surface area contributed by atoms with E-state index >= 15 is 0 Å². The summed E-state index contributed by atoms with van der Waals surface area (Å²) in [7, 11) is 6.13. The molecule has 5 heteroatoms. The van der Waals surface area contributed by atoms with Crippen molar-refractivity contribution in [1.82, 2.24) is 0 Å². The zero-order valence-corrected chi connectivity index (χ0v) is 18.9. The van der Waals surface area contributed by atoms with Gasteiger partial charge in [0.1, 0.15) is 5.75 Å². The van der Waals surface area contributed by atoms with Gasteiger partial charge in [-0.05, 0) is 41.7 Å². The van der Waals surface area contributed by atoms with Crippen LogP contribution in [0.25, 0.3) is 5.73 Å². The number of hydrogen-bond donors (Lipinski definition) is 1. The molecule has 0 heterocycles. The molecule has 0 unspecified atom stereocenters. The van der Waals surface area contributed by atoms with Crippen LogP contribution in [0.3, 0.4) is 0 Å². The third-order valence-electron chi connectivity index (χ3n) is 5.85. The minimum atomic E-state index is -0.545. The van der Waals surface area contributed by atoms with Crippen molar-refractivity contribution in [3.05, 3.63) is 43.0 Å². The standard InChI is InChI=1S/C10H20.C9H12NO2.CH3.ClH.Rh/c1-6-7(2)9(4)10(5)8(6)3;1-12-8-4-2-7(3-5-8)9(10)6-11;;;/h6-10H,1-5H3;2-5,9-11H,6H2,1H3;1H3;1H;/q;2*-1;;+3/p-1/t;9-;;;/m.1.../s1. The molecule has 25 heavy (non-hydrogen) atoms. The topological polar surface area (TPSA) is 53.3 Å². The normalized spacial score (nSPS) is 28.5. The summed E-state index contributed by atoms with van der Waals surface area (Å²) in [6, 6.07) is 6.59. The number of halogens is 1. The Hall–Kier alpha value is -0.147. The predicted molar refractivity (Wildman–Crippen MR) is 105 cm³/mol. The molecule has 2 rings (SSSR count). The van der Waals surface area contributed by atoms with Gasteiger partial charge in [0.05, 0.1) is 7.11 Å². The molecule has 0 aromatic heterocycles. The van der Waals surface area contributed by atoms with Gasteiger partial charge >= 0.3 is 27.0 Å². The summed E-state index contributed by atoms with van der Waals surface area (Å²) in [5.41, 5.74) is 8.20. The third kappa shape index (κ3) is 7.95. The molecule has 0 bridgehead atoms. The molecule has 0 amide bonds. The van der Waals surface area contributed by atoms with Crippen molar-refractivity contribution in [2.75, 3.05) is 13.7 Å². The van der Waals surface area contributed by atoms with E-state index in [0.29, 0.717) is 0 Å². The van der Waals surface area contributed by atoms with Crippen LogP contribution < -0.4 is 4.74 Å². The number of aliphatic hydroxyl groups is 1. The fourth-order valence-corrected chi connectivity index (χ4v) is 3.34. The van der Waals surface area contributed by atoms with Crippen molar-refractivity contribution >= 4 is 9.69 Å². The molecule has 1 aromatic carbocycles. The van der Waals surface area contributed by atoms with Gasteiger partial charge in [0, 0.05) is 6.61 Å². The van der Waals surface area contributed by atoms with E-state index in [2.05, 4.69) is 44.3 Å². The summed E-state index contributed by atoms with van der Waals surface area (Å²) < 4.78 is 4.96. The molecular weight excluding hydrogens is 425 g/mol. The molecule has 0 saturated heterocycles. The van der Waals surface area contributed by atoms with Gasteiger partial charge in [-0.15, -0.1) is 0 Å². The molecule has 0 radical (unpaired) electrons. The fraction of sp³-hybridized carbons (Fsp3) is 0.650. The fourth-order valence-electron chi connectivity index (χ4n) is 3.34. The molecule has 1 aliphatic carbocycles. The van der Waals surface area contributed by atoms with E-state index in [1.807, 2.05) is 17.3 Å². The number of nitrogens with one attached hydrogen (secondary N) is 1. The number of rotatable bonds is 3. The molecule has 2 N–H and O–H groups in total. The number of hydrogen-bond acceptors (Lipinski definition) is 2. The molecular formula is C20H35ClNO2Rh. The van der Waals surface area contributed by atoms with E-state index in [1.54, 1.807) is 31.4 Å². The Kier molecular flexibility index (Phi) is 15.1. The Morgan fingerprint density at radius 2 is 1.28 bits per heavy atom. The number of aliphatic hydroxyl groups excluding tert-OH is 1. The van der Waals surface area contributed by atoms with E-state index in [1.165, 1.54) is 0 Å². The van der Waals surface area contributed by atoms with E-state index < -0.39 is 6.04 Å². The van der Waals surface area contributed by atoms with E-state index in [-0.39, 0.29) is 14.0 Å². The van der Waals surface area contributed by atoms with Crippen molar-refractivity contribution in [2.24, 2.45) is 29.6 Å². The minimum absolute atomic E-state index is 0. The second-order valence-electron chi connectivity index (χ2n) is 6.80. The monoisotopic (exact) mass is 459 g/mol. The van der Waals surface area contributed by atoms with Crippen LogP contribution in [0.2, 0.25) is 0 Å². The third-order valence-corrected chi connectivity index (χ3v) is 5.85. The van der Waals surface area contributed by atoms with Crippen molar-refractivity contribution < 1.29 is 27.2 Å². The molecule has 3 nitrogen and oxygen atoms in total. The van der Waals surface area contributed by atoms with Gasteiger partial charge in [-0.2, -0.15) is 0 Å². The Balaban J connectivity index is 0. The van der Waals surface area contributed by atoms with E-state index in [4.69, 9.17) is 15.6 Å². The Labute approximate surface area is 169 Å².